The van der Waals surface area contributed by atoms with Crippen LogP contribution in [0.25, 0.3) is 0 Å². The molecule has 1 aromatic carbocycles. The first-order valence-electron chi connectivity index (χ1n) is 4.04. The molecule has 0 heterocycles. The van der Waals surface area contributed by atoms with E-state index >= 15 is 0 Å². The number of aliphatic hydroxyl groups is 1. The van der Waals surface area contributed by atoms with Crippen LogP contribution in [-0.2, 0) is 0 Å². The third-order valence-corrected chi connectivity index (χ3v) is 1.81. The maximum Gasteiger partial charge on any atom is 0.167 e. The Balaban J connectivity index is 3.11. The first kappa shape index (κ1) is 11.0. The number of rotatable bonds is 3. The van der Waals surface area contributed by atoms with Gasteiger partial charge in [0.2, 0.25) is 0 Å². The maximum atomic E-state index is 13.0. The van der Waals surface area contributed by atoms with Gasteiger partial charge in [-0.15, -0.1) is 0 Å². The molecule has 0 saturated heterocycles. The number of benzene rings is 1. The van der Waals surface area contributed by atoms with Gasteiger partial charge in [-0.3, -0.25) is 0 Å². The number of hydrogen-bond donors (Lipinski definition) is 2. The van der Waals surface area contributed by atoms with Gasteiger partial charge in [-0.05, 0) is 19.2 Å². The summed E-state index contributed by atoms with van der Waals surface area (Å²) in [6.45, 7) is -0.0444. The fourth-order valence-corrected chi connectivity index (χ4v) is 1.14. The average Bonchev–Trinajstić information content (AvgIpc) is 2.13. The molecule has 0 saturated carbocycles. The summed E-state index contributed by atoms with van der Waals surface area (Å²) in [7, 11) is 1.51. The Morgan fingerprint density at radius 3 is 2.43 bits per heavy atom. The summed E-state index contributed by atoms with van der Waals surface area (Å²) in [5, 5.41) is 11.8. The minimum absolute atomic E-state index is 0.0444. The number of aliphatic hydroxyl groups excluding tert-OH is 1. The third kappa shape index (κ3) is 2.05. The highest BCUT2D eigenvalue weighted by atomic mass is 19.2. The quantitative estimate of drug-likeness (QED) is 0.730. The molecule has 1 atom stereocenters. The van der Waals surface area contributed by atoms with Crippen molar-refractivity contribution in [3.05, 3.63) is 35.1 Å². The smallest absolute Gasteiger partial charge is 0.167 e. The molecule has 0 aliphatic heterocycles. The molecule has 2 nitrogen and oxygen atoms in total. The lowest BCUT2D eigenvalue weighted by atomic mass is 10.1. The van der Waals surface area contributed by atoms with Crippen molar-refractivity contribution in [1.82, 2.24) is 5.32 Å². The van der Waals surface area contributed by atoms with Crippen molar-refractivity contribution in [2.24, 2.45) is 0 Å². The molecular weight excluding hydrogens is 195 g/mol. The predicted molar refractivity (Wildman–Crippen MR) is 45.2 cm³/mol. The fourth-order valence-electron chi connectivity index (χ4n) is 1.14. The van der Waals surface area contributed by atoms with Gasteiger partial charge in [0.05, 0.1) is 11.7 Å². The van der Waals surface area contributed by atoms with Crippen LogP contribution in [0.1, 0.15) is 11.7 Å². The lowest BCUT2D eigenvalue weighted by Gasteiger charge is -2.12. The molecule has 78 valence electrons. The minimum Gasteiger partial charge on any atom is -0.387 e. The van der Waals surface area contributed by atoms with E-state index in [1.165, 1.54) is 7.05 Å². The monoisotopic (exact) mass is 205 g/mol. The zero-order valence-corrected chi connectivity index (χ0v) is 7.52. The zero-order valence-electron chi connectivity index (χ0n) is 7.52. The van der Waals surface area contributed by atoms with Crippen molar-refractivity contribution in [1.29, 1.82) is 0 Å². The summed E-state index contributed by atoms with van der Waals surface area (Å²) in [5.74, 6) is -3.46. The zero-order chi connectivity index (χ0) is 10.7. The van der Waals surface area contributed by atoms with Gasteiger partial charge in [0.25, 0.3) is 0 Å². The largest absolute Gasteiger partial charge is 0.387 e. The van der Waals surface area contributed by atoms with Crippen LogP contribution >= 0.6 is 0 Å². The van der Waals surface area contributed by atoms with Crippen LogP contribution in [-0.4, -0.2) is 18.7 Å². The molecule has 0 spiro atoms. The van der Waals surface area contributed by atoms with Crippen molar-refractivity contribution in [3.63, 3.8) is 0 Å². The molecular formula is C9H10F3NO. The SMILES string of the molecule is CNCC(O)c1c(F)ccc(F)c1F. The van der Waals surface area contributed by atoms with Gasteiger partial charge in [-0.25, -0.2) is 13.2 Å². The standard InChI is InChI=1S/C9H10F3NO/c1-13-4-7(14)8-5(10)2-3-6(11)9(8)12/h2-3,7,13-14H,4H2,1H3. The molecule has 5 heteroatoms. The molecule has 1 unspecified atom stereocenters. The summed E-state index contributed by atoms with van der Waals surface area (Å²) < 4.78 is 38.7. The summed E-state index contributed by atoms with van der Waals surface area (Å²) in [5.41, 5.74) is -0.639. The molecule has 0 fully saturated rings. The van der Waals surface area contributed by atoms with E-state index in [1.807, 2.05) is 0 Å². The molecule has 14 heavy (non-hydrogen) atoms. The van der Waals surface area contributed by atoms with E-state index in [1.54, 1.807) is 0 Å². The van der Waals surface area contributed by atoms with E-state index in [2.05, 4.69) is 5.32 Å². The molecule has 0 aromatic heterocycles. The molecule has 1 rings (SSSR count). The first-order chi connectivity index (χ1) is 6.57. The summed E-state index contributed by atoms with van der Waals surface area (Å²) in [4.78, 5) is 0. The van der Waals surface area contributed by atoms with E-state index < -0.39 is 29.1 Å². The predicted octanol–water partition coefficient (Wildman–Crippen LogP) is 1.36. The van der Waals surface area contributed by atoms with Gasteiger partial charge in [0.1, 0.15) is 5.82 Å². The van der Waals surface area contributed by atoms with Crippen molar-refractivity contribution in [2.45, 2.75) is 6.10 Å². The highest BCUT2D eigenvalue weighted by Crippen LogP contribution is 2.22. The van der Waals surface area contributed by atoms with Gasteiger partial charge in [0, 0.05) is 6.54 Å². The van der Waals surface area contributed by atoms with Crippen molar-refractivity contribution in [3.8, 4) is 0 Å². The molecule has 0 aliphatic carbocycles. The fraction of sp³-hybridized carbons (Fsp3) is 0.333. The second kappa shape index (κ2) is 4.43. The maximum absolute atomic E-state index is 13.0. The number of halogens is 3. The molecule has 0 radical (unpaired) electrons. The molecule has 2 N–H and O–H groups in total. The van der Waals surface area contributed by atoms with Gasteiger partial charge in [-0.2, -0.15) is 0 Å². The summed E-state index contributed by atoms with van der Waals surface area (Å²) >= 11 is 0. The van der Waals surface area contributed by atoms with Gasteiger partial charge in [-0.1, -0.05) is 0 Å². The molecule has 1 aromatic rings. The Hall–Kier alpha value is -1.07. The van der Waals surface area contributed by atoms with Crippen LogP contribution in [0.15, 0.2) is 12.1 Å². The van der Waals surface area contributed by atoms with E-state index in [9.17, 15) is 18.3 Å². The lowest BCUT2D eigenvalue weighted by molar-refractivity contribution is 0.166. The molecule has 0 bridgehead atoms. The Bertz CT molecular complexity index is 330. The second-order valence-corrected chi connectivity index (χ2v) is 2.83. The van der Waals surface area contributed by atoms with Gasteiger partial charge < -0.3 is 10.4 Å². The van der Waals surface area contributed by atoms with Crippen LogP contribution in [0, 0.1) is 17.5 Å². The van der Waals surface area contributed by atoms with Crippen LogP contribution in [0.4, 0.5) is 13.2 Å². The van der Waals surface area contributed by atoms with Crippen LogP contribution in [0.3, 0.4) is 0 Å². The van der Waals surface area contributed by atoms with Gasteiger partial charge in [0.15, 0.2) is 11.6 Å². The molecule has 0 aliphatic rings. The van der Waals surface area contributed by atoms with E-state index in [-0.39, 0.29) is 6.54 Å². The van der Waals surface area contributed by atoms with Crippen LogP contribution in [0.5, 0.6) is 0 Å². The topological polar surface area (TPSA) is 32.3 Å². The normalized spacial score (nSPS) is 12.9. The number of hydrogen-bond acceptors (Lipinski definition) is 2. The van der Waals surface area contributed by atoms with E-state index in [0.29, 0.717) is 6.07 Å². The third-order valence-electron chi connectivity index (χ3n) is 1.81. The van der Waals surface area contributed by atoms with Crippen molar-refractivity contribution in [2.75, 3.05) is 13.6 Å². The molecule has 0 amide bonds. The number of nitrogens with one attached hydrogen (secondary N) is 1. The van der Waals surface area contributed by atoms with Crippen molar-refractivity contribution >= 4 is 0 Å². The highest BCUT2D eigenvalue weighted by Gasteiger charge is 2.20. The Labute approximate surface area is 79.4 Å². The second-order valence-electron chi connectivity index (χ2n) is 2.83. The summed E-state index contributed by atoms with van der Waals surface area (Å²) in [6, 6.07) is 1.47. The van der Waals surface area contributed by atoms with E-state index in [0.717, 1.165) is 6.07 Å². The van der Waals surface area contributed by atoms with Gasteiger partial charge >= 0.3 is 0 Å². The number of likely N-dealkylation sites (N-methyl/N-ethyl adjacent to an activating group) is 1. The minimum atomic E-state index is -1.39. The lowest BCUT2D eigenvalue weighted by Crippen LogP contribution is -2.19. The Morgan fingerprint density at radius 1 is 1.29 bits per heavy atom. The van der Waals surface area contributed by atoms with Crippen LogP contribution in [0.2, 0.25) is 0 Å². The van der Waals surface area contributed by atoms with Crippen LogP contribution < -0.4 is 5.32 Å². The Morgan fingerprint density at radius 2 is 1.86 bits per heavy atom. The van der Waals surface area contributed by atoms with E-state index in [4.69, 9.17) is 0 Å². The highest BCUT2D eigenvalue weighted by molar-refractivity contribution is 5.23. The Kier molecular flexibility index (Phi) is 3.49. The first-order valence-corrected chi connectivity index (χ1v) is 4.04. The average molecular weight is 205 g/mol. The van der Waals surface area contributed by atoms with Crippen molar-refractivity contribution < 1.29 is 18.3 Å². The summed E-state index contributed by atoms with van der Waals surface area (Å²) in [6.07, 6.45) is -1.39.